The van der Waals surface area contributed by atoms with Crippen LogP contribution in [-0.4, -0.2) is 22.6 Å². The lowest BCUT2D eigenvalue weighted by Gasteiger charge is -2.35. The summed E-state index contributed by atoms with van der Waals surface area (Å²) in [6, 6.07) is 11.2. The van der Waals surface area contributed by atoms with Gasteiger partial charge in [0.25, 0.3) is 0 Å². The van der Waals surface area contributed by atoms with Crippen LogP contribution in [0, 0.1) is 0 Å². The maximum Gasteiger partial charge on any atom is 0.134 e. The van der Waals surface area contributed by atoms with E-state index in [2.05, 4.69) is 58.3 Å². The van der Waals surface area contributed by atoms with Crippen LogP contribution in [0.2, 0.25) is 0 Å². The summed E-state index contributed by atoms with van der Waals surface area (Å²) < 4.78 is 0. The topological polar surface area (TPSA) is 41.0 Å². The molecule has 0 spiro atoms. The predicted molar refractivity (Wildman–Crippen MR) is 82.0 cm³/mol. The molecule has 1 aliphatic heterocycles. The lowest BCUT2D eigenvalue weighted by atomic mass is 9.95. The van der Waals surface area contributed by atoms with Crippen LogP contribution in [0.15, 0.2) is 36.7 Å². The monoisotopic (exact) mass is 268 g/mol. The number of benzene rings is 1. The molecule has 1 aromatic carbocycles. The van der Waals surface area contributed by atoms with Gasteiger partial charge in [0, 0.05) is 25.2 Å². The highest BCUT2D eigenvalue weighted by Crippen LogP contribution is 2.27. The lowest BCUT2D eigenvalue weighted by Crippen LogP contribution is -2.38. The number of hydrogen-bond acceptors (Lipinski definition) is 4. The maximum absolute atomic E-state index is 4.44. The summed E-state index contributed by atoms with van der Waals surface area (Å²) in [5.74, 6) is 1.89. The molecule has 3 rings (SSSR count). The SMILES string of the molecule is CCNc1cc(N2Cc3ccccc3C[C@@H]2C)ncn1. The molecule has 0 saturated heterocycles. The maximum atomic E-state index is 4.44. The van der Waals surface area contributed by atoms with Crippen molar-refractivity contribution in [2.45, 2.75) is 32.9 Å². The number of anilines is 2. The number of nitrogens with zero attached hydrogens (tertiary/aromatic N) is 3. The van der Waals surface area contributed by atoms with Crippen LogP contribution in [0.3, 0.4) is 0 Å². The Morgan fingerprint density at radius 2 is 2.05 bits per heavy atom. The second kappa shape index (κ2) is 5.49. The Labute approximate surface area is 119 Å². The average molecular weight is 268 g/mol. The Morgan fingerprint density at radius 1 is 1.25 bits per heavy atom. The molecule has 1 aromatic heterocycles. The molecule has 1 atom stereocenters. The van der Waals surface area contributed by atoms with E-state index < -0.39 is 0 Å². The fourth-order valence-electron chi connectivity index (χ4n) is 2.77. The van der Waals surface area contributed by atoms with Crippen molar-refractivity contribution < 1.29 is 0 Å². The second-order valence-corrected chi connectivity index (χ2v) is 5.24. The number of hydrogen-bond donors (Lipinski definition) is 1. The Bertz CT molecular complexity index is 597. The molecule has 4 nitrogen and oxygen atoms in total. The van der Waals surface area contributed by atoms with Crippen LogP contribution < -0.4 is 10.2 Å². The minimum atomic E-state index is 0.453. The van der Waals surface area contributed by atoms with Gasteiger partial charge in [-0.25, -0.2) is 9.97 Å². The normalized spacial score (nSPS) is 17.7. The van der Waals surface area contributed by atoms with E-state index in [-0.39, 0.29) is 0 Å². The van der Waals surface area contributed by atoms with Gasteiger partial charge in [-0.2, -0.15) is 0 Å². The van der Waals surface area contributed by atoms with E-state index in [0.717, 1.165) is 31.1 Å². The molecule has 0 amide bonds. The van der Waals surface area contributed by atoms with Crippen LogP contribution in [0.1, 0.15) is 25.0 Å². The minimum absolute atomic E-state index is 0.453. The van der Waals surface area contributed by atoms with E-state index in [4.69, 9.17) is 0 Å². The fourth-order valence-corrected chi connectivity index (χ4v) is 2.77. The van der Waals surface area contributed by atoms with Crippen LogP contribution >= 0.6 is 0 Å². The van der Waals surface area contributed by atoms with Crippen LogP contribution in [0.4, 0.5) is 11.6 Å². The molecule has 0 saturated carbocycles. The molecule has 0 aliphatic carbocycles. The summed E-state index contributed by atoms with van der Waals surface area (Å²) in [5.41, 5.74) is 2.85. The van der Waals surface area contributed by atoms with Crippen molar-refractivity contribution in [3.63, 3.8) is 0 Å². The molecule has 1 N–H and O–H groups in total. The predicted octanol–water partition coefficient (Wildman–Crippen LogP) is 2.86. The Kier molecular flexibility index (Phi) is 3.54. The number of aromatic nitrogens is 2. The van der Waals surface area contributed by atoms with Crippen molar-refractivity contribution in [3.8, 4) is 0 Å². The van der Waals surface area contributed by atoms with Crippen LogP contribution in [0.25, 0.3) is 0 Å². The molecular formula is C16H20N4. The van der Waals surface area contributed by atoms with E-state index in [9.17, 15) is 0 Å². The number of rotatable bonds is 3. The first-order chi connectivity index (χ1) is 9.78. The minimum Gasteiger partial charge on any atom is -0.370 e. The Hall–Kier alpha value is -2.10. The molecule has 2 heterocycles. The number of fused-ring (bicyclic) bond motifs is 1. The zero-order chi connectivity index (χ0) is 13.9. The quantitative estimate of drug-likeness (QED) is 0.929. The first-order valence-electron chi connectivity index (χ1n) is 7.17. The van der Waals surface area contributed by atoms with Crippen LogP contribution in [0.5, 0.6) is 0 Å². The van der Waals surface area contributed by atoms with Gasteiger partial charge in [0.2, 0.25) is 0 Å². The Morgan fingerprint density at radius 3 is 2.85 bits per heavy atom. The summed E-state index contributed by atoms with van der Waals surface area (Å²) in [6.45, 7) is 6.11. The highest BCUT2D eigenvalue weighted by Gasteiger charge is 2.23. The smallest absolute Gasteiger partial charge is 0.134 e. The third kappa shape index (κ3) is 2.46. The van der Waals surface area contributed by atoms with Crippen molar-refractivity contribution in [1.82, 2.24) is 9.97 Å². The second-order valence-electron chi connectivity index (χ2n) is 5.24. The van der Waals surface area contributed by atoms with Gasteiger partial charge < -0.3 is 10.2 Å². The fraction of sp³-hybridized carbons (Fsp3) is 0.375. The average Bonchev–Trinajstić information content (AvgIpc) is 2.47. The molecule has 0 radical (unpaired) electrons. The van der Waals surface area contributed by atoms with E-state index >= 15 is 0 Å². The molecule has 20 heavy (non-hydrogen) atoms. The highest BCUT2D eigenvalue weighted by molar-refractivity contribution is 5.51. The zero-order valence-corrected chi connectivity index (χ0v) is 12.0. The van der Waals surface area contributed by atoms with Crippen molar-refractivity contribution >= 4 is 11.6 Å². The zero-order valence-electron chi connectivity index (χ0n) is 12.0. The van der Waals surface area contributed by atoms with E-state index in [1.54, 1.807) is 6.33 Å². The van der Waals surface area contributed by atoms with Gasteiger partial charge in [0.15, 0.2) is 0 Å². The summed E-state index contributed by atoms with van der Waals surface area (Å²) in [7, 11) is 0. The molecule has 2 aromatic rings. The van der Waals surface area contributed by atoms with Crippen molar-refractivity contribution in [3.05, 3.63) is 47.8 Å². The molecule has 0 bridgehead atoms. The van der Waals surface area contributed by atoms with Crippen molar-refractivity contribution in [2.75, 3.05) is 16.8 Å². The van der Waals surface area contributed by atoms with Gasteiger partial charge in [-0.3, -0.25) is 0 Å². The summed E-state index contributed by atoms with van der Waals surface area (Å²) in [4.78, 5) is 11.0. The van der Waals surface area contributed by atoms with Gasteiger partial charge in [0.05, 0.1) is 0 Å². The molecular weight excluding hydrogens is 248 g/mol. The largest absolute Gasteiger partial charge is 0.370 e. The third-order valence-corrected chi connectivity index (χ3v) is 3.81. The van der Waals surface area contributed by atoms with E-state index in [1.807, 2.05) is 6.07 Å². The van der Waals surface area contributed by atoms with E-state index in [1.165, 1.54) is 11.1 Å². The number of nitrogens with one attached hydrogen (secondary N) is 1. The first kappa shape index (κ1) is 12.9. The Balaban J connectivity index is 1.89. The van der Waals surface area contributed by atoms with Crippen LogP contribution in [-0.2, 0) is 13.0 Å². The van der Waals surface area contributed by atoms with Gasteiger partial charge in [-0.15, -0.1) is 0 Å². The van der Waals surface area contributed by atoms with E-state index in [0.29, 0.717) is 6.04 Å². The standard InChI is InChI=1S/C16H20N4/c1-3-17-15-9-16(19-11-18-15)20-10-14-7-5-4-6-13(14)8-12(20)2/h4-7,9,11-12H,3,8,10H2,1-2H3,(H,17,18,19)/t12-/m0/s1. The van der Waals surface area contributed by atoms with Gasteiger partial charge >= 0.3 is 0 Å². The van der Waals surface area contributed by atoms with Gasteiger partial charge in [-0.05, 0) is 31.4 Å². The summed E-state index contributed by atoms with van der Waals surface area (Å²) in [6.07, 6.45) is 2.71. The summed E-state index contributed by atoms with van der Waals surface area (Å²) >= 11 is 0. The molecule has 1 aliphatic rings. The first-order valence-corrected chi connectivity index (χ1v) is 7.17. The third-order valence-electron chi connectivity index (χ3n) is 3.81. The summed E-state index contributed by atoms with van der Waals surface area (Å²) in [5, 5.41) is 3.24. The molecule has 0 fully saturated rings. The lowest BCUT2D eigenvalue weighted by molar-refractivity contribution is 0.586. The highest BCUT2D eigenvalue weighted by atomic mass is 15.2. The van der Waals surface area contributed by atoms with Gasteiger partial charge in [0.1, 0.15) is 18.0 Å². The van der Waals surface area contributed by atoms with Crippen molar-refractivity contribution in [2.24, 2.45) is 0 Å². The molecule has 4 heteroatoms. The van der Waals surface area contributed by atoms with Crippen molar-refractivity contribution in [1.29, 1.82) is 0 Å². The molecule has 104 valence electrons. The van der Waals surface area contributed by atoms with Gasteiger partial charge in [-0.1, -0.05) is 24.3 Å². The molecule has 0 unspecified atom stereocenters.